The van der Waals surface area contributed by atoms with Crippen molar-refractivity contribution in [3.05, 3.63) is 28.9 Å². The summed E-state index contributed by atoms with van der Waals surface area (Å²) in [5.74, 6) is -0.199. The lowest BCUT2D eigenvalue weighted by atomic mass is 10.1. The molecule has 0 saturated heterocycles. The Balaban J connectivity index is 2.95. The van der Waals surface area contributed by atoms with Crippen molar-refractivity contribution in [1.29, 1.82) is 0 Å². The topological polar surface area (TPSA) is 12.4 Å². The van der Waals surface area contributed by atoms with E-state index in [0.29, 0.717) is 6.42 Å². The van der Waals surface area contributed by atoms with Crippen LogP contribution in [0.3, 0.4) is 0 Å². The highest BCUT2D eigenvalue weighted by Gasteiger charge is 2.01. The first kappa shape index (κ1) is 8.95. The fourth-order valence-corrected chi connectivity index (χ4v) is 1.01. The maximum Gasteiger partial charge on any atom is 0.140 e. The van der Waals surface area contributed by atoms with Crippen molar-refractivity contribution in [1.82, 2.24) is 0 Å². The number of hydrogen-bond donors (Lipinski definition) is 0. The summed E-state index contributed by atoms with van der Waals surface area (Å²) in [6.45, 7) is 3.74. The minimum absolute atomic E-state index is 0.199. The molecule has 0 aromatic carbocycles. The van der Waals surface area contributed by atoms with Crippen molar-refractivity contribution in [3.63, 3.8) is 0 Å². The van der Waals surface area contributed by atoms with Crippen molar-refractivity contribution < 1.29 is 4.39 Å². The zero-order valence-corrected chi connectivity index (χ0v) is 7.39. The van der Waals surface area contributed by atoms with Gasteiger partial charge < -0.3 is 0 Å². The second kappa shape index (κ2) is 4.03. The molecule has 1 aliphatic heterocycles. The Morgan fingerprint density at radius 1 is 1.67 bits per heavy atom. The van der Waals surface area contributed by atoms with Crippen LogP contribution in [0.25, 0.3) is 0 Å². The highest BCUT2D eigenvalue weighted by molar-refractivity contribution is 5.77. The quantitative estimate of drug-likeness (QED) is 0.529. The first-order chi connectivity index (χ1) is 5.74. The Labute approximate surface area is 72.0 Å². The van der Waals surface area contributed by atoms with Crippen LogP contribution in [0.4, 0.5) is 4.39 Å². The van der Waals surface area contributed by atoms with Gasteiger partial charge in [-0.25, -0.2) is 4.39 Å². The van der Waals surface area contributed by atoms with Crippen molar-refractivity contribution in [2.75, 3.05) is 0 Å². The molecule has 0 amide bonds. The fraction of sp³-hybridized carbons (Fsp3) is 0.400. The lowest BCUT2D eigenvalue weighted by Crippen LogP contribution is -1.88. The van der Waals surface area contributed by atoms with E-state index in [1.807, 2.05) is 13.0 Å². The average molecular weight is 165 g/mol. The van der Waals surface area contributed by atoms with Crippen molar-refractivity contribution in [2.24, 2.45) is 4.99 Å². The zero-order valence-electron chi connectivity index (χ0n) is 7.39. The summed E-state index contributed by atoms with van der Waals surface area (Å²) in [5, 5.41) is 0. The molecule has 0 unspecified atom stereocenters. The summed E-state index contributed by atoms with van der Waals surface area (Å²) >= 11 is 0. The molecule has 64 valence electrons. The normalized spacial score (nSPS) is 23.4. The standard InChI is InChI=1S/C10H12FN/c1-3-9-6-4-5-8(2)12-7-10(9)11/h4,7H,3,6H2,1-2H3/b10-9+,12-7?. The number of aliphatic imine (C=N–C) groups is 1. The summed E-state index contributed by atoms with van der Waals surface area (Å²) in [7, 11) is 0. The van der Waals surface area contributed by atoms with Crippen LogP contribution in [0.2, 0.25) is 0 Å². The van der Waals surface area contributed by atoms with Crippen LogP contribution in [-0.4, -0.2) is 6.21 Å². The fourth-order valence-electron chi connectivity index (χ4n) is 1.01. The molecule has 0 aromatic rings. The third-order valence-electron chi connectivity index (χ3n) is 1.80. The van der Waals surface area contributed by atoms with Crippen LogP contribution in [0.15, 0.2) is 33.9 Å². The van der Waals surface area contributed by atoms with Crippen LogP contribution in [-0.2, 0) is 0 Å². The highest BCUT2D eigenvalue weighted by atomic mass is 19.1. The van der Waals surface area contributed by atoms with E-state index in [2.05, 4.69) is 10.7 Å². The highest BCUT2D eigenvalue weighted by Crippen LogP contribution is 2.15. The van der Waals surface area contributed by atoms with Crippen LogP contribution in [0.5, 0.6) is 0 Å². The number of rotatable bonds is 1. The van der Waals surface area contributed by atoms with Gasteiger partial charge in [-0.2, -0.15) is 0 Å². The van der Waals surface area contributed by atoms with Crippen LogP contribution < -0.4 is 0 Å². The molecule has 1 nitrogen and oxygen atoms in total. The Hall–Kier alpha value is -1.14. The molecule has 0 spiro atoms. The molecule has 12 heavy (non-hydrogen) atoms. The molecule has 0 saturated carbocycles. The number of nitrogens with zero attached hydrogens (tertiary/aromatic N) is 1. The van der Waals surface area contributed by atoms with E-state index >= 15 is 0 Å². The monoisotopic (exact) mass is 165 g/mol. The lowest BCUT2D eigenvalue weighted by molar-refractivity contribution is 0.662. The van der Waals surface area contributed by atoms with Gasteiger partial charge in [0.2, 0.25) is 0 Å². The Morgan fingerprint density at radius 3 is 3.08 bits per heavy atom. The van der Waals surface area contributed by atoms with Gasteiger partial charge in [0.1, 0.15) is 5.83 Å². The summed E-state index contributed by atoms with van der Waals surface area (Å²) in [5.41, 5.74) is 4.48. The van der Waals surface area contributed by atoms with Crippen LogP contribution in [0.1, 0.15) is 26.7 Å². The number of hydrogen-bond acceptors (Lipinski definition) is 1. The minimum Gasteiger partial charge on any atom is -0.250 e. The van der Waals surface area contributed by atoms with E-state index in [-0.39, 0.29) is 5.83 Å². The van der Waals surface area contributed by atoms with Crippen molar-refractivity contribution >= 4 is 6.21 Å². The second-order valence-electron chi connectivity index (χ2n) is 2.70. The number of allylic oxidation sites excluding steroid dienone is 3. The molecule has 1 aliphatic rings. The van der Waals surface area contributed by atoms with Gasteiger partial charge in [0, 0.05) is 0 Å². The summed E-state index contributed by atoms with van der Waals surface area (Å²) in [4.78, 5) is 3.88. The van der Waals surface area contributed by atoms with Gasteiger partial charge in [0.15, 0.2) is 0 Å². The predicted molar refractivity (Wildman–Crippen MR) is 48.8 cm³/mol. The van der Waals surface area contributed by atoms with Crippen molar-refractivity contribution in [2.45, 2.75) is 26.7 Å². The average Bonchev–Trinajstić information content (AvgIpc) is 2.06. The van der Waals surface area contributed by atoms with E-state index in [4.69, 9.17) is 0 Å². The SMILES string of the molecule is CC/C1=C(\F)C=NC(C)=C=CC1. The smallest absolute Gasteiger partial charge is 0.140 e. The molecule has 1 heterocycles. The molecule has 0 atom stereocenters. The molecule has 0 bridgehead atoms. The molecule has 0 aliphatic carbocycles. The Kier molecular flexibility index (Phi) is 3.01. The molecule has 0 radical (unpaired) electrons. The summed E-state index contributed by atoms with van der Waals surface area (Å²) in [6, 6.07) is 0. The van der Waals surface area contributed by atoms with Gasteiger partial charge in [-0.15, -0.1) is 5.73 Å². The van der Waals surface area contributed by atoms with Gasteiger partial charge in [0.25, 0.3) is 0 Å². The predicted octanol–water partition coefficient (Wildman–Crippen LogP) is 3.15. The lowest BCUT2D eigenvalue weighted by Gasteiger charge is -2.01. The first-order valence-corrected chi connectivity index (χ1v) is 4.07. The van der Waals surface area contributed by atoms with Gasteiger partial charge in [-0.3, -0.25) is 4.99 Å². The molecule has 0 aromatic heterocycles. The van der Waals surface area contributed by atoms with E-state index in [1.54, 1.807) is 6.92 Å². The number of halogens is 1. The summed E-state index contributed by atoms with van der Waals surface area (Å²) in [6.07, 6.45) is 4.47. The van der Waals surface area contributed by atoms with Gasteiger partial charge in [-0.1, -0.05) is 6.92 Å². The molecule has 2 heteroatoms. The maximum absolute atomic E-state index is 13.1. The third-order valence-corrected chi connectivity index (χ3v) is 1.80. The Morgan fingerprint density at radius 2 is 2.42 bits per heavy atom. The molecule has 0 fully saturated rings. The van der Waals surface area contributed by atoms with Gasteiger partial charge in [0.05, 0.1) is 11.9 Å². The van der Waals surface area contributed by atoms with E-state index in [9.17, 15) is 4.39 Å². The van der Waals surface area contributed by atoms with Crippen LogP contribution >= 0.6 is 0 Å². The van der Waals surface area contributed by atoms with E-state index in [0.717, 1.165) is 17.7 Å². The largest absolute Gasteiger partial charge is 0.250 e. The Bertz CT molecular complexity index is 291. The second-order valence-corrected chi connectivity index (χ2v) is 2.70. The minimum atomic E-state index is -0.199. The molecule has 1 rings (SSSR count). The molecular weight excluding hydrogens is 153 g/mol. The maximum atomic E-state index is 13.1. The van der Waals surface area contributed by atoms with Crippen molar-refractivity contribution in [3.8, 4) is 0 Å². The first-order valence-electron chi connectivity index (χ1n) is 4.07. The van der Waals surface area contributed by atoms with Gasteiger partial charge >= 0.3 is 0 Å². The van der Waals surface area contributed by atoms with Crippen LogP contribution in [0, 0.1) is 0 Å². The van der Waals surface area contributed by atoms with E-state index < -0.39 is 0 Å². The molecular formula is C10H12FN. The summed E-state index contributed by atoms with van der Waals surface area (Å²) < 4.78 is 13.1. The molecule has 0 N–H and O–H groups in total. The zero-order chi connectivity index (χ0) is 8.97. The van der Waals surface area contributed by atoms with E-state index in [1.165, 1.54) is 6.21 Å². The third kappa shape index (κ3) is 2.18. The van der Waals surface area contributed by atoms with Gasteiger partial charge in [-0.05, 0) is 31.4 Å².